The molecule has 0 fully saturated rings. The third-order valence-corrected chi connectivity index (χ3v) is 1.80. The SMILES string of the molecule is COCCNC(=O)CCN=C(NN)NC(C)C. The topological polar surface area (TPSA) is 101 Å². The fraction of sp³-hybridized carbons (Fsp3) is 0.800. The molecule has 7 heteroatoms. The summed E-state index contributed by atoms with van der Waals surface area (Å²) in [6.07, 6.45) is 0.328. The van der Waals surface area contributed by atoms with Crippen LogP contribution in [-0.2, 0) is 9.53 Å². The molecule has 0 aromatic rings. The molecular weight excluding hydrogens is 222 g/mol. The fourth-order valence-electron chi connectivity index (χ4n) is 1.06. The van der Waals surface area contributed by atoms with Gasteiger partial charge in [-0.25, -0.2) is 5.84 Å². The van der Waals surface area contributed by atoms with Crippen LogP contribution in [0.3, 0.4) is 0 Å². The van der Waals surface area contributed by atoms with Crippen molar-refractivity contribution in [1.82, 2.24) is 16.1 Å². The Morgan fingerprint density at radius 2 is 2.18 bits per heavy atom. The number of guanidine groups is 1. The third kappa shape index (κ3) is 9.58. The van der Waals surface area contributed by atoms with E-state index in [0.29, 0.717) is 32.1 Å². The Bertz CT molecular complexity index is 243. The van der Waals surface area contributed by atoms with Crippen molar-refractivity contribution in [2.75, 3.05) is 26.8 Å². The summed E-state index contributed by atoms with van der Waals surface area (Å²) in [5.74, 6) is 5.72. The number of nitrogens with one attached hydrogen (secondary N) is 3. The van der Waals surface area contributed by atoms with Crippen molar-refractivity contribution in [3.8, 4) is 0 Å². The molecule has 17 heavy (non-hydrogen) atoms. The molecule has 0 radical (unpaired) electrons. The monoisotopic (exact) mass is 245 g/mol. The highest BCUT2D eigenvalue weighted by Crippen LogP contribution is 1.84. The molecule has 0 aliphatic heterocycles. The molecule has 0 aromatic heterocycles. The van der Waals surface area contributed by atoms with Crippen LogP contribution in [0.15, 0.2) is 4.99 Å². The standard InChI is InChI=1S/C10H23N5O2/c1-8(2)14-10(15-11)13-5-4-9(16)12-6-7-17-3/h8H,4-7,11H2,1-3H3,(H,12,16)(H2,13,14,15). The number of carbonyl (C=O) groups excluding carboxylic acids is 1. The number of ether oxygens (including phenoxy) is 1. The molecule has 0 rings (SSSR count). The lowest BCUT2D eigenvalue weighted by atomic mass is 10.4. The number of hydrogen-bond acceptors (Lipinski definition) is 4. The number of hydrogen-bond donors (Lipinski definition) is 4. The number of aliphatic imine (C=N–C) groups is 1. The second-order valence-corrected chi connectivity index (χ2v) is 3.77. The molecule has 0 spiro atoms. The maximum absolute atomic E-state index is 11.3. The fourth-order valence-corrected chi connectivity index (χ4v) is 1.06. The highest BCUT2D eigenvalue weighted by Gasteiger charge is 2.01. The number of rotatable bonds is 7. The highest BCUT2D eigenvalue weighted by molar-refractivity contribution is 5.80. The predicted octanol–water partition coefficient (Wildman–Crippen LogP) is -1.04. The van der Waals surface area contributed by atoms with E-state index in [9.17, 15) is 4.79 Å². The van der Waals surface area contributed by atoms with Gasteiger partial charge in [0.1, 0.15) is 0 Å². The summed E-state index contributed by atoms with van der Waals surface area (Å²) in [4.78, 5) is 15.4. The van der Waals surface area contributed by atoms with Gasteiger partial charge in [0, 0.05) is 26.1 Å². The van der Waals surface area contributed by atoms with E-state index in [-0.39, 0.29) is 11.9 Å². The molecule has 7 nitrogen and oxygen atoms in total. The van der Waals surface area contributed by atoms with E-state index >= 15 is 0 Å². The van der Waals surface area contributed by atoms with E-state index < -0.39 is 0 Å². The van der Waals surface area contributed by atoms with Crippen LogP contribution >= 0.6 is 0 Å². The van der Waals surface area contributed by atoms with E-state index in [1.165, 1.54) is 0 Å². The Balaban J connectivity index is 3.77. The molecule has 0 bridgehead atoms. The molecule has 5 N–H and O–H groups in total. The van der Waals surface area contributed by atoms with Gasteiger partial charge in [0.15, 0.2) is 0 Å². The Morgan fingerprint density at radius 3 is 2.71 bits per heavy atom. The minimum atomic E-state index is -0.0493. The number of carbonyl (C=O) groups is 1. The van der Waals surface area contributed by atoms with E-state index in [1.807, 2.05) is 13.8 Å². The molecule has 0 saturated carbocycles. The highest BCUT2D eigenvalue weighted by atomic mass is 16.5. The van der Waals surface area contributed by atoms with Gasteiger partial charge in [0.25, 0.3) is 0 Å². The van der Waals surface area contributed by atoms with E-state index in [1.54, 1.807) is 7.11 Å². The molecule has 0 atom stereocenters. The summed E-state index contributed by atoms with van der Waals surface area (Å²) < 4.78 is 4.82. The Hall–Kier alpha value is -1.34. The summed E-state index contributed by atoms with van der Waals surface area (Å²) in [5.41, 5.74) is 2.45. The first kappa shape index (κ1) is 15.7. The average molecular weight is 245 g/mol. The van der Waals surface area contributed by atoms with Crippen molar-refractivity contribution in [3.63, 3.8) is 0 Å². The molecule has 0 saturated heterocycles. The average Bonchev–Trinajstić information content (AvgIpc) is 2.27. The largest absolute Gasteiger partial charge is 0.383 e. The van der Waals surface area contributed by atoms with Gasteiger partial charge in [-0.3, -0.25) is 15.2 Å². The maximum Gasteiger partial charge on any atom is 0.221 e. The lowest BCUT2D eigenvalue weighted by Crippen LogP contribution is -2.44. The quantitative estimate of drug-likeness (QED) is 0.151. The number of hydrazine groups is 1. The van der Waals surface area contributed by atoms with Crippen LogP contribution < -0.4 is 21.9 Å². The number of methoxy groups -OCH3 is 1. The van der Waals surface area contributed by atoms with Gasteiger partial charge >= 0.3 is 0 Å². The first-order valence-corrected chi connectivity index (χ1v) is 5.63. The Labute approximate surface area is 102 Å². The van der Waals surface area contributed by atoms with Gasteiger partial charge in [-0.1, -0.05) is 0 Å². The van der Waals surface area contributed by atoms with Crippen LogP contribution in [-0.4, -0.2) is 44.7 Å². The zero-order chi connectivity index (χ0) is 13.1. The van der Waals surface area contributed by atoms with Gasteiger partial charge in [-0.15, -0.1) is 0 Å². The van der Waals surface area contributed by atoms with E-state index in [0.717, 1.165) is 0 Å². The zero-order valence-corrected chi connectivity index (χ0v) is 10.7. The molecule has 100 valence electrons. The van der Waals surface area contributed by atoms with Gasteiger partial charge in [0.2, 0.25) is 11.9 Å². The van der Waals surface area contributed by atoms with Crippen LogP contribution in [0.4, 0.5) is 0 Å². The first-order valence-electron chi connectivity index (χ1n) is 5.63. The summed E-state index contributed by atoms with van der Waals surface area (Å²) in [6, 6.07) is 0.236. The zero-order valence-electron chi connectivity index (χ0n) is 10.7. The summed E-state index contributed by atoms with van der Waals surface area (Å²) in [7, 11) is 1.59. The van der Waals surface area contributed by atoms with Crippen LogP contribution in [0.25, 0.3) is 0 Å². The van der Waals surface area contributed by atoms with Gasteiger partial charge in [-0.2, -0.15) is 0 Å². The second kappa shape index (κ2) is 9.86. The van der Waals surface area contributed by atoms with E-state index in [4.69, 9.17) is 10.6 Å². The minimum absolute atomic E-state index is 0.0493. The van der Waals surface area contributed by atoms with E-state index in [2.05, 4.69) is 21.1 Å². The molecular formula is C10H23N5O2. The van der Waals surface area contributed by atoms with Crippen LogP contribution in [0.2, 0.25) is 0 Å². The van der Waals surface area contributed by atoms with Crippen molar-refractivity contribution in [3.05, 3.63) is 0 Å². The van der Waals surface area contributed by atoms with Gasteiger partial charge in [-0.05, 0) is 13.8 Å². The molecule has 0 unspecified atom stereocenters. The van der Waals surface area contributed by atoms with Crippen LogP contribution in [0, 0.1) is 0 Å². The number of nitrogens with zero attached hydrogens (tertiary/aromatic N) is 1. The summed E-state index contributed by atoms with van der Waals surface area (Å²) >= 11 is 0. The normalized spacial score (nSPS) is 11.5. The first-order chi connectivity index (χ1) is 8.10. The lowest BCUT2D eigenvalue weighted by Gasteiger charge is -2.11. The van der Waals surface area contributed by atoms with Crippen LogP contribution in [0.5, 0.6) is 0 Å². The molecule has 0 aliphatic carbocycles. The maximum atomic E-state index is 11.3. The van der Waals surface area contributed by atoms with Crippen molar-refractivity contribution < 1.29 is 9.53 Å². The third-order valence-electron chi connectivity index (χ3n) is 1.80. The van der Waals surface area contributed by atoms with Crippen molar-refractivity contribution >= 4 is 11.9 Å². The molecule has 0 heterocycles. The molecule has 1 amide bonds. The minimum Gasteiger partial charge on any atom is -0.383 e. The Morgan fingerprint density at radius 1 is 1.47 bits per heavy atom. The van der Waals surface area contributed by atoms with Crippen LogP contribution in [0.1, 0.15) is 20.3 Å². The lowest BCUT2D eigenvalue weighted by molar-refractivity contribution is -0.121. The molecule has 0 aliphatic rings. The van der Waals surface area contributed by atoms with Crippen molar-refractivity contribution in [2.24, 2.45) is 10.8 Å². The predicted molar refractivity (Wildman–Crippen MR) is 67.4 cm³/mol. The van der Waals surface area contributed by atoms with Gasteiger partial charge in [0.05, 0.1) is 13.2 Å². The number of nitrogens with two attached hydrogens (primary N) is 1. The number of amides is 1. The molecule has 0 aromatic carbocycles. The second-order valence-electron chi connectivity index (χ2n) is 3.77. The van der Waals surface area contributed by atoms with Gasteiger partial charge < -0.3 is 15.4 Å². The summed E-state index contributed by atoms with van der Waals surface area (Å²) in [6.45, 7) is 5.37. The smallest absolute Gasteiger partial charge is 0.221 e. The van der Waals surface area contributed by atoms with Crippen molar-refractivity contribution in [2.45, 2.75) is 26.3 Å². The Kier molecular flexibility index (Phi) is 9.08. The van der Waals surface area contributed by atoms with Crippen molar-refractivity contribution in [1.29, 1.82) is 0 Å². The summed E-state index contributed by atoms with van der Waals surface area (Å²) in [5, 5.41) is 5.73.